The number of halogens is 2. The molecule has 0 bridgehead atoms. The van der Waals surface area contributed by atoms with Crippen LogP contribution in [0.15, 0.2) is 18.2 Å². The molecule has 22 heavy (non-hydrogen) atoms. The average molecular weight is 310 g/mol. The molecule has 1 aromatic carbocycles. The van der Waals surface area contributed by atoms with E-state index >= 15 is 0 Å². The molecular formula is C16H20F2N2O2. The van der Waals surface area contributed by atoms with Crippen LogP contribution in [0, 0.1) is 17.6 Å². The smallest absolute Gasteiger partial charge is 0.257 e. The monoisotopic (exact) mass is 310 g/mol. The third-order valence-corrected chi connectivity index (χ3v) is 3.87. The number of carbonyl (C=O) groups excluding carboxylic acids is 2. The van der Waals surface area contributed by atoms with E-state index in [9.17, 15) is 18.4 Å². The average Bonchev–Trinajstić information content (AvgIpc) is 2.96. The first-order valence-electron chi connectivity index (χ1n) is 7.57. The van der Waals surface area contributed by atoms with Crippen LogP contribution in [0.1, 0.15) is 42.5 Å². The van der Waals surface area contributed by atoms with Gasteiger partial charge in [0.15, 0.2) is 0 Å². The van der Waals surface area contributed by atoms with Gasteiger partial charge in [-0.3, -0.25) is 9.59 Å². The molecule has 6 heteroatoms. The first-order valence-corrected chi connectivity index (χ1v) is 7.57. The van der Waals surface area contributed by atoms with Crippen molar-refractivity contribution in [3.8, 4) is 0 Å². The Bertz CT molecular complexity index is 523. The van der Waals surface area contributed by atoms with Crippen LogP contribution in [0.2, 0.25) is 0 Å². The Morgan fingerprint density at radius 3 is 2.27 bits per heavy atom. The van der Waals surface area contributed by atoms with Crippen LogP contribution in [0.4, 0.5) is 8.78 Å². The Morgan fingerprint density at radius 2 is 1.64 bits per heavy atom. The number of hydrogen-bond acceptors (Lipinski definition) is 2. The molecule has 0 aromatic heterocycles. The summed E-state index contributed by atoms with van der Waals surface area (Å²) in [7, 11) is 0. The highest BCUT2D eigenvalue weighted by molar-refractivity contribution is 5.94. The summed E-state index contributed by atoms with van der Waals surface area (Å²) in [5, 5.41) is 5.10. The standard InChI is InChI=1S/C16H20F2N2O2/c17-12-6-3-7-13(18)15(12)16(22)20-9-8-19-14(21)10-11-4-1-2-5-11/h3,6-7,11H,1-2,4-5,8-10H2,(H,19,21)(H,20,22). The Hall–Kier alpha value is -1.98. The van der Waals surface area contributed by atoms with Crippen LogP contribution in [-0.4, -0.2) is 24.9 Å². The van der Waals surface area contributed by atoms with Crippen molar-refractivity contribution in [3.05, 3.63) is 35.4 Å². The van der Waals surface area contributed by atoms with Crippen molar-refractivity contribution in [3.63, 3.8) is 0 Å². The number of hydrogen-bond donors (Lipinski definition) is 2. The number of carbonyl (C=O) groups is 2. The maximum Gasteiger partial charge on any atom is 0.257 e. The molecule has 4 nitrogen and oxygen atoms in total. The SMILES string of the molecule is O=C(CC1CCCC1)NCCNC(=O)c1c(F)cccc1F. The summed E-state index contributed by atoms with van der Waals surface area (Å²) in [4.78, 5) is 23.4. The van der Waals surface area contributed by atoms with Crippen molar-refractivity contribution >= 4 is 11.8 Å². The van der Waals surface area contributed by atoms with E-state index < -0.39 is 23.1 Å². The minimum Gasteiger partial charge on any atom is -0.354 e. The van der Waals surface area contributed by atoms with Crippen molar-refractivity contribution < 1.29 is 18.4 Å². The second-order valence-electron chi connectivity index (χ2n) is 5.56. The zero-order valence-electron chi connectivity index (χ0n) is 12.3. The zero-order chi connectivity index (χ0) is 15.9. The first-order chi connectivity index (χ1) is 10.6. The van der Waals surface area contributed by atoms with Gasteiger partial charge in [0, 0.05) is 19.5 Å². The highest BCUT2D eigenvalue weighted by Gasteiger charge is 2.18. The fraction of sp³-hybridized carbons (Fsp3) is 0.500. The largest absolute Gasteiger partial charge is 0.354 e. The molecule has 2 N–H and O–H groups in total. The van der Waals surface area contributed by atoms with E-state index in [0.717, 1.165) is 25.0 Å². The molecule has 0 aliphatic heterocycles. The van der Waals surface area contributed by atoms with Crippen LogP contribution in [0.3, 0.4) is 0 Å². The molecule has 1 saturated carbocycles. The van der Waals surface area contributed by atoms with E-state index in [4.69, 9.17) is 0 Å². The molecule has 2 rings (SSSR count). The van der Waals surface area contributed by atoms with Gasteiger partial charge in [-0.15, -0.1) is 0 Å². The van der Waals surface area contributed by atoms with Crippen LogP contribution in [0.5, 0.6) is 0 Å². The normalized spacial score (nSPS) is 14.8. The maximum atomic E-state index is 13.4. The van der Waals surface area contributed by atoms with Crippen molar-refractivity contribution in [2.45, 2.75) is 32.1 Å². The summed E-state index contributed by atoms with van der Waals surface area (Å²) in [6.45, 7) is 0.371. The molecule has 1 fully saturated rings. The van der Waals surface area contributed by atoms with E-state index in [1.807, 2.05) is 0 Å². The summed E-state index contributed by atoms with van der Waals surface area (Å²) < 4.78 is 26.8. The number of amides is 2. The second kappa shape index (κ2) is 7.87. The Morgan fingerprint density at radius 1 is 1.05 bits per heavy atom. The van der Waals surface area contributed by atoms with Crippen molar-refractivity contribution in [1.82, 2.24) is 10.6 Å². The van der Waals surface area contributed by atoms with Crippen molar-refractivity contribution in [1.29, 1.82) is 0 Å². The minimum absolute atomic E-state index is 0.0433. The number of benzene rings is 1. The predicted octanol–water partition coefficient (Wildman–Crippen LogP) is 2.39. The van der Waals surface area contributed by atoms with Gasteiger partial charge in [0.05, 0.1) is 0 Å². The Kier molecular flexibility index (Phi) is 5.86. The second-order valence-corrected chi connectivity index (χ2v) is 5.56. The highest BCUT2D eigenvalue weighted by Crippen LogP contribution is 2.27. The van der Waals surface area contributed by atoms with Crippen LogP contribution >= 0.6 is 0 Å². The summed E-state index contributed by atoms with van der Waals surface area (Å²) in [6.07, 6.45) is 5.06. The maximum absolute atomic E-state index is 13.4. The third kappa shape index (κ3) is 4.51. The van der Waals surface area contributed by atoms with Gasteiger partial charge >= 0.3 is 0 Å². The van der Waals surface area contributed by atoms with E-state index in [1.165, 1.54) is 18.9 Å². The molecule has 0 unspecified atom stereocenters. The van der Waals surface area contributed by atoms with Gasteiger partial charge in [-0.05, 0) is 30.9 Å². The molecule has 0 saturated heterocycles. The van der Waals surface area contributed by atoms with Gasteiger partial charge in [-0.1, -0.05) is 18.9 Å². The Balaban J connectivity index is 1.70. The lowest BCUT2D eigenvalue weighted by Crippen LogP contribution is -2.35. The van der Waals surface area contributed by atoms with Crippen LogP contribution in [-0.2, 0) is 4.79 Å². The van der Waals surface area contributed by atoms with Gasteiger partial charge < -0.3 is 10.6 Å². The van der Waals surface area contributed by atoms with E-state index in [0.29, 0.717) is 12.3 Å². The molecule has 0 radical (unpaired) electrons. The first kappa shape index (κ1) is 16.4. The number of nitrogens with one attached hydrogen (secondary N) is 2. The zero-order valence-corrected chi connectivity index (χ0v) is 12.3. The van der Waals surface area contributed by atoms with Gasteiger partial charge in [-0.2, -0.15) is 0 Å². The summed E-state index contributed by atoms with van der Waals surface area (Å²) in [5.41, 5.74) is -0.597. The van der Waals surface area contributed by atoms with Gasteiger partial charge in [0.2, 0.25) is 5.91 Å². The lowest BCUT2D eigenvalue weighted by molar-refractivity contribution is -0.121. The topological polar surface area (TPSA) is 58.2 Å². The lowest BCUT2D eigenvalue weighted by atomic mass is 10.0. The fourth-order valence-corrected chi connectivity index (χ4v) is 2.73. The molecule has 0 atom stereocenters. The summed E-state index contributed by atoms with van der Waals surface area (Å²) in [5.74, 6) is -2.20. The quantitative estimate of drug-likeness (QED) is 0.793. The molecule has 2 amide bonds. The van der Waals surface area contributed by atoms with Crippen molar-refractivity contribution in [2.24, 2.45) is 5.92 Å². The minimum atomic E-state index is -0.900. The molecule has 120 valence electrons. The molecule has 0 spiro atoms. The molecule has 1 aliphatic rings. The van der Waals surface area contributed by atoms with E-state index in [-0.39, 0.29) is 19.0 Å². The summed E-state index contributed by atoms with van der Waals surface area (Å²) in [6, 6.07) is 3.26. The molecule has 1 aromatic rings. The van der Waals surface area contributed by atoms with Gasteiger partial charge in [0.25, 0.3) is 5.91 Å². The van der Waals surface area contributed by atoms with Gasteiger partial charge in [-0.25, -0.2) is 8.78 Å². The fourth-order valence-electron chi connectivity index (χ4n) is 2.73. The van der Waals surface area contributed by atoms with Gasteiger partial charge in [0.1, 0.15) is 17.2 Å². The lowest BCUT2D eigenvalue weighted by Gasteiger charge is -2.10. The summed E-state index contributed by atoms with van der Waals surface area (Å²) >= 11 is 0. The molecule has 1 aliphatic carbocycles. The molecular weight excluding hydrogens is 290 g/mol. The predicted molar refractivity (Wildman–Crippen MR) is 78.3 cm³/mol. The van der Waals surface area contributed by atoms with E-state index in [2.05, 4.69) is 10.6 Å². The third-order valence-electron chi connectivity index (χ3n) is 3.87. The van der Waals surface area contributed by atoms with Crippen LogP contribution < -0.4 is 10.6 Å². The van der Waals surface area contributed by atoms with E-state index in [1.54, 1.807) is 0 Å². The van der Waals surface area contributed by atoms with Crippen LogP contribution in [0.25, 0.3) is 0 Å². The van der Waals surface area contributed by atoms with Crippen molar-refractivity contribution in [2.75, 3.05) is 13.1 Å². The highest BCUT2D eigenvalue weighted by atomic mass is 19.1. The number of rotatable bonds is 6. The molecule has 0 heterocycles. The Labute approximate surface area is 128 Å².